The van der Waals surface area contributed by atoms with Crippen molar-refractivity contribution in [2.24, 2.45) is 0 Å². The lowest BCUT2D eigenvalue weighted by atomic mass is 9.94. The third-order valence-corrected chi connectivity index (χ3v) is 2.61. The van der Waals surface area contributed by atoms with Crippen molar-refractivity contribution in [3.63, 3.8) is 0 Å². The number of carboxylic acid groups (broad SMARTS) is 1. The largest absolute Gasteiger partial charge is 0.493 e. The number of aryl methyl sites for hydroxylation is 1. The number of aliphatic carboxylic acids is 1. The molecule has 1 aromatic rings. The number of para-hydroxylation sites is 1. The first-order chi connectivity index (χ1) is 7.61. The monoisotopic (exact) mass is 222 g/mol. The maximum absolute atomic E-state index is 11.1. The zero-order valence-electron chi connectivity index (χ0n) is 9.99. The van der Waals surface area contributed by atoms with Crippen LogP contribution < -0.4 is 4.74 Å². The van der Waals surface area contributed by atoms with Crippen molar-refractivity contribution < 1.29 is 14.6 Å². The van der Waals surface area contributed by atoms with Crippen LogP contribution in [0.1, 0.15) is 37.3 Å². The van der Waals surface area contributed by atoms with Crippen LogP contribution >= 0.6 is 0 Å². The Morgan fingerprint density at radius 1 is 1.44 bits per heavy atom. The Bertz CT molecular complexity index is 371. The van der Waals surface area contributed by atoms with E-state index in [1.54, 1.807) is 0 Å². The number of hydrogen-bond acceptors (Lipinski definition) is 2. The zero-order valence-corrected chi connectivity index (χ0v) is 9.99. The molecule has 3 heteroatoms. The molecule has 1 aromatic carbocycles. The molecule has 1 N–H and O–H groups in total. The molecular formula is C13H18O3. The standard InChI is InChI=1S/C13H18O3/c1-4-10(13(14)15)11-8-6-7-9(3)12(11)16-5-2/h6-8,10H,4-5H2,1-3H3,(H,14,15). The van der Waals surface area contributed by atoms with Crippen molar-refractivity contribution in [1.29, 1.82) is 0 Å². The predicted octanol–water partition coefficient (Wildman–Crippen LogP) is 2.97. The first-order valence-corrected chi connectivity index (χ1v) is 5.56. The second-order valence-corrected chi connectivity index (χ2v) is 3.73. The van der Waals surface area contributed by atoms with Gasteiger partial charge in [-0.3, -0.25) is 4.79 Å². The molecule has 0 spiro atoms. The van der Waals surface area contributed by atoms with Gasteiger partial charge in [-0.2, -0.15) is 0 Å². The van der Waals surface area contributed by atoms with Gasteiger partial charge in [0.1, 0.15) is 5.75 Å². The molecule has 0 aliphatic heterocycles. The van der Waals surface area contributed by atoms with Gasteiger partial charge in [-0.1, -0.05) is 25.1 Å². The number of benzene rings is 1. The summed E-state index contributed by atoms with van der Waals surface area (Å²) in [6, 6.07) is 5.64. The minimum atomic E-state index is -0.797. The van der Waals surface area contributed by atoms with Crippen molar-refractivity contribution >= 4 is 5.97 Å². The highest BCUT2D eigenvalue weighted by Crippen LogP contribution is 2.32. The van der Waals surface area contributed by atoms with Crippen molar-refractivity contribution in [3.8, 4) is 5.75 Å². The highest BCUT2D eigenvalue weighted by atomic mass is 16.5. The average Bonchev–Trinajstić information content (AvgIpc) is 2.23. The molecule has 1 rings (SSSR count). The summed E-state index contributed by atoms with van der Waals surface area (Å²) in [5.74, 6) is -0.560. The minimum absolute atomic E-state index is 0.485. The Labute approximate surface area is 96.1 Å². The molecule has 0 bridgehead atoms. The Balaban J connectivity index is 3.19. The van der Waals surface area contributed by atoms with Gasteiger partial charge in [0.15, 0.2) is 0 Å². The second kappa shape index (κ2) is 5.54. The summed E-state index contributed by atoms with van der Waals surface area (Å²) in [5.41, 5.74) is 1.76. The lowest BCUT2D eigenvalue weighted by Gasteiger charge is -2.17. The maximum Gasteiger partial charge on any atom is 0.311 e. The van der Waals surface area contributed by atoms with E-state index in [4.69, 9.17) is 9.84 Å². The smallest absolute Gasteiger partial charge is 0.311 e. The van der Waals surface area contributed by atoms with Crippen LogP contribution in [-0.4, -0.2) is 17.7 Å². The SMILES string of the molecule is CCOc1c(C)cccc1C(CC)C(=O)O. The molecular weight excluding hydrogens is 204 g/mol. The third-order valence-electron chi connectivity index (χ3n) is 2.61. The summed E-state index contributed by atoms with van der Waals surface area (Å²) < 4.78 is 5.54. The highest BCUT2D eigenvalue weighted by Gasteiger charge is 2.22. The van der Waals surface area contributed by atoms with Gasteiger partial charge in [0.2, 0.25) is 0 Å². The van der Waals surface area contributed by atoms with Gasteiger partial charge in [-0.25, -0.2) is 0 Å². The van der Waals surface area contributed by atoms with Gasteiger partial charge >= 0.3 is 5.97 Å². The molecule has 0 aliphatic rings. The van der Waals surface area contributed by atoms with Crippen molar-refractivity contribution in [3.05, 3.63) is 29.3 Å². The summed E-state index contributed by atoms with van der Waals surface area (Å²) in [7, 11) is 0. The van der Waals surface area contributed by atoms with Gasteiger partial charge in [0.25, 0.3) is 0 Å². The fourth-order valence-corrected chi connectivity index (χ4v) is 1.82. The van der Waals surface area contributed by atoms with Crippen molar-refractivity contribution in [1.82, 2.24) is 0 Å². The van der Waals surface area contributed by atoms with Crippen molar-refractivity contribution in [2.75, 3.05) is 6.61 Å². The van der Waals surface area contributed by atoms with Crippen LogP contribution in [-0.2, 0) is 4.79 Å². The Morgan fingerprint density at radius 3 is 2.62 bits per heavy atom. The summed E-state index contributed by atoms with van der Waals surface area (Å²) in [6.45, 7) is 6.26. The van der Waals surface area contributed by atoms with Gasteiger partial charge in [0, 0.05) is 5.56 Å². The maximum atomic E-state index is 11.1. The van der Waals surface area contributed by atoms with Gasteiger partial charge in [-0.15, -0.1) is 0 Å². The summed E-state index contributed by atoms with van der Waals surface area (Å²) >= 11 is 0. The van der Waals surface area contributed by atoms with Crippen LogP contribution in [0, 0.1) is 6.92 Å². The minimum Gasteiger partial charge on any atom is -0.493 e. The van der Waals surface area contributed by atoms with E-state index >= 15 is 0 Å². The van der Waals surface area contributed by atoms with Crippen LogP contribution in [0.25, 0.3) is 0 Å². The van der Waals surface area contributed by atoms with Crippen LogP contribution in [0.3, 0.4) is 0 Å². The topological polar surface area (TPSA) is 46.5 Å². The molecule has 0 amide bonds. The van der Waals surface area contributed by atoms with E-state index in [1.807, 2.05) is 39.0 Å². The van der Waals surface area contributed by atoms with E-state index in [2.05, 4.69) is 0 Å². The number of rotatable bonds is 5. The van der Waals surface area contributed by atoms with E-state index in [0.29, 0.717) is 13.0 Å². The molecule has 0 aliphatic carbocycles. The Hall–Kier alpha value is -1.51. The first kappa shape index (κ1) is 12.6. The molecule has 88 valence electrons. The third kappa shape index (κ3) is 2.54. The van der Waals surface area contributed by atoms with E-state index in [0.717, 1.165) is 16.9 Å². The van der Waals surface area contributed by atoms with E-state index in [1.165, 1.54) is 0 Å². The lowest BCUT2D eigenvalue weighted by molar-refractivity contribution is -0.138. The molecule has 0 saturated heterocycles. The van der Waals surface area contributed by atoms with Crippen molar-refractivity contribution in [2.45, 2.75) is 33.1 Å². The fourth-order valence-electron chi connectivity index (χ4n) is 1.82. The van der Waals surface area contributed by atoms with Crippen LogP contribution in [0.4, 0.5) is 0 Å². The second-order valence-electron chi connectivity index (χ2n) is 3.73. The lowest BCUT2D eigenvalue weighted by Crippen LogP contribution is -2.12. The normalized spacial score (nSPS) is 12.2. The number of ether oxygens (including phenoxy) is 1. The Kier molecular flexibility index (Phi) is 4.35. The molecule has 1 unspecified atom stereocenters. The molecule has 3 nitrogen and oxygen atoms in total. The van der Waals surface area contributed by atoms with Crippen LogP contribution in [0.5, 0.6) is 5.75 Å². The summed E-state index contributed by atoms with van der Waals surface area (Å²) in [6.07, 6.45) is 0.568. The number of hydrogen-bond donors (Lipinski definition) is 1. The fraction of sp³-hybridized carbons (Fsp3) is 0.462. The van der Waals surface area contributed by atoms with Crippen LogP contribution in [0.2, 0.25) is 0 Å². The first-order valence-electron chi connectivity index (χ1n) is 5.56. The van der Waals surface area contributed by atoms with Crippen LogP contribution in [0.15, 0.2) is 18.2 Å². The Morgan fingerprint density at radius 2 is 2.12 bits per heavy atom. The van der Waals surface area contributed by atoms with Gasteiger partial charge in [0.05, 0.1) is 12.5 Å². The molecule has 0 saturated carbocycles. The molecule has 0 fully saturated rings. The average molecular weight is 222 g/mol. The van der Waals surface area contributed by atoms with E-state index < -0.39 is 11.9 Å². The quantitative estimate of drug-likeness (QED) is 0.833. The highest BCUT2D eigenvalue weighted by molar-refractivity contribution is 5.77. The van der Waals surface area contributed by atoms with Gasteiger partial charge in [-0.05, 0) is 25.8 Å². The van der Waals surface area contributed by atoms with E-state index in [9.17, 15) is 4.79 Å². The molecule has 0 heterocycles. The molecule has 16 heavy (non-hydrogen) atoms. The van der Waals surface area contributed by atoms with E-state index in [-0.39, 0.29) is 0 Å². The zero-order chi connectivity index (χ0) is 12.1. The summed E-state index contributed by atoms with van der Waals surface area (Å²) in [5, 5.41) is 9.15. The molecule has 0 aromatic heterocycles. The molecule has 1 atom stereocenters. The number of carboxylic acids is 1. The summed E-state index contributed by atoms with van der Waals surface area (Å²) in [4.78, 5) is 11.1. The number of carbonyl (C=O) groups is 1. The predicted molar refractivity (Wildman–Crippen MR) is 63.0 cm³/mol. The molecule has 0 radical (unpaired) electrons. The van der Waals surface area contributed by atoms with Gasteiger partial charge < -0.3 is 9.84 Å².